The first-order chi connectivity index (χ1) is 8.63. The van der Waals surface area contributed by atoms with Crippen LogP contribution in [-0.2, 0) is 4.74 Å². The van der Waals surface area contributed by atoms with E-state index in [0.29, 0.717) is 5.92 Å². The van der Waals surface area contributed by atoms with Gasteiger partial charge in [-0.15, -0.1) is 0 Å². The van der Waals surface area contributed by atoms with Gasteiger partial charge in [0.1, 0.15) is 5.75 Å². The number of aryl methyl sites for hydroxylation is 1. The molecule has 1 aromatic rings. The quantitative estimate of drug-likeness (QED) is 0.577. The number of hydrazine groups is 1. The number of nitrogens with one attached hydrogen (secondary N) is 1. The SMILES string of the molecule is COCCC(C)C(NN)c1ccc(C)cc1OC. The number of hydrogen-bond donors (Lipinski definition) is 2. The van der Waals surface area contributed by atoms with Gasteiger partial charge in [-0.25, -0.2) is 0 Å². The molecule has 4 heteroatoms. The number of nitrogens with two attached hydrogens (primary N) is 1. The van der Waals surface area contributed by atoms with E-state index < -0.39 is 0 Å². The van der Waals surface area contributed by atoms with E-state index in [-0.39, 0.29) is 6.04 Å². The molecule has 0 fully saturated rings. The molecule has 2 unspecified atom stereocenters. The first-order valence-corrected chi connectivity index (χ1v) is 6.23. The van der Waals surface area contributed by atoms with E-state index >= 15 is 0 Å². The van der Waals surface area contributed by atoms with Crippen molar-refractivity contribution in [3.63, 3.8) is 0 Å². The Labute approximate surface area is 109 Å². The van der Waals surface area contributed by atoms with Gasteiger partial charge in [-0.1, -0.05) is 19.1 Å². The van der Waals surface area contributed by atoms with Gasteiger partial charge in [0.05, 0.1) is 13.2 Å². The van der Waals surface area contributed by atoms with Crippen molar-refractivity contribution in [1.82, 2.24) is 5.43 Å². The molecule has 0 aliphatic heterocycles. The average Bonchev–Trinajstić information content (AvgIpc) is 2.38. The molecule has 0 spiro atoms. The molecule has 0 saturated heterocycles. The zero-order valence-corrected chi connectivity index (χ0v) is 11.7. The topological polar surface area (TPSA) is 56.5 Å². The maximum atomic E-state index is 5.69. The van der Waals surface area contributed by atoms with E-state index in [2.05, 4.69) is 24.5 Å². The number of hydrogen-bond acceptors (Lipinski definition) is 4. The van der Waals surface area contributed by atoms with Crippen LogP contribution in [0.2, 0.25) is 0 Å². The number of rotatable bonds is 7. The largest absolute Gasteiger partial charge is 0.496 e. The molecule has 0 radical (unpaired) electrons. The van der Waals surface area contributed by atoms with E-state index in [4.69, 9.17) is 15.3 Å². The third kappa shape index (κ3) is 3.70. The van der Waals surface area contributed by atoms with Gasteiger partial charge in [-0.05, 0) is 30.9 Å². The Kier molecular flexibility index (Phi) is 6.12. The highest BCUT2D eigenvalue weighted by Crippen LogP contribution is 2.31. The van der Waals surface area contributed by atoms with E-state index in [0.717, 1.165) is 24.3 Å². The van der Waals surface area contributed by atoms with Crippen molar-refractivity contribution in [1.29, 1.82) is 0 Å². The molecule has 0 aromatic heterocycles. The molecule has 102 valence electrons. The van der Waals surface area contributed by atoms with Gasteiger partial charge in [0.15, 0.2) is 0 Å². The summed E-state index contributed by atoms with van der Waals surface area (Å²) in [6, 6.07) is 6.24. The Hall–Kier alpha value is -1.10. The molecule has 3 N–H and O–H groups in total. The highest BCUT2D eigenvalue weighted by molar-refractivity contribution is 5.39. The fourth-order valence-electron chi connectivity index (χ4n) is 2.11. The second-order valence-corrected chi connectivity index (χ2v) is 4.65. The van der Waals surface area contributed by atoms with Gasteiger partial charge in [-0.3, -0.25) is 11.3 Å². The lowest BCUT2D eigenvalue weighted by molar-refractivity contribution is 0.170. The molecule has 0 bridgehead atoms. The maximum absolute atomic E-state index is 5.69. The molecule has 18 heavy (non-hydrogen) atoms. The van der Waals surface area contributed by atoms with Crippen molar-refractivity contribution >= 4 is 0 Å². The molecule has 1 rings (SSSR count). The lowest BCUT2D eigenvalue weighted by Gasteiger charge is -2.25. The Morgan fingerprint density at radius 2 is 2.06 bits per heavy atom. The Balaban J connectivity index is 2.93. The summed E-state index contributed by atoms with van der Waals surface area (Å²) in [5, 5.41) is 0. The van der Waals surface area contributed by atoms with Crippen molar-refractivity contribution in [2.24, 2.45) is 11.8 Å². The van der Waals surface area contributed by atoms with Gasteiger partial charge in [0.2, 0.25) is 0 Å². The molecule has 0 heterocycles. The summed E-state index contributed by atoms with van der Waals surface area (Å²) in [6.07, 6.45) is 0.947. The van der Waals surface area contributed by atoms with Gasteiger partial charge in [0.25, 0.3) is 0 Å². The molecular weight excluding hydrogens is 228 g/mol. The lowest BCUT2D eigenvalue weighted by atomic mass is 9.91. The minimum absolute atomic E-state index is 0.0655. The molecule has 0 amide bonds. The van der Waals surface area contributed by atoms with Crippen molar-refractivity contribution in [3.05, 3.63) is 29.3 Å². The summed E-state index contributed by atoms with van der Waals surface area (Å²) in [5.74, 6) is 6.94. The van der Waals surface area contributed by atoms with Crippen LogP contribution in [0.1, 0.15) is 30.5 Å². The molecule has 2 atom stereocenters. The summed E-state index contributed by atoms with van der Waals surface area (Å²) in [7, 11) is 3.40. The van der Waals surface area contributed by atoms with Crippen LogP contribution in [0.4, 0.5) is 0 Å². The summed E-state index contributed by atoms with van der Waals surface area (Å²) in [5.41, 5.74) is 5.15. The Morgan fingerprint density at radius 1 is 1.33 bits per heavy atom. The van der Waals surface area contributed by atoms with E-state index in [1.807, 2.05) is 13.0 Å². The predicted octanol–water partition coefficient (Wildman–Crippen LogP) is 2.18. The van der Waals surface area contributed by atoms with Crippen LogP contribution in [0.5, 0.6) is 5.75 Å². The van der Waals surface area contributed by atoms with Gasteiger partial charge in [-0.2, -0.15) is 0 Å². The second kappa shape index (κ2) is 7.36. The molecule has 0 aliphatic rings. The fourth-order valence-corrected chi connectivity index (χ4v) is 2.11. The summed E-state index contributed by atoms with van der Waals surface area (Å²) in [6.45, 7) is 4.93. The van der Waals surface area contributed by atoms with Crippen LogP contribution in [0.15, 0.2) is 18.2 Å². The molecule has 4 nitrogen and oxygen atoms in total. The summed E-state index contributed by atoms with van der Waals surface area (Å²) < 4.78 is 10.6. The van der Waals surface area contributed by atoms with E-state index in [1.54, 1.807) is 14.2 Å². The predicted molar refractivity (Wildman–Crippen MR) is 73.5 cm³/mol. The standard InChI is InChI=1S/C14H24N2O2/c1-10-5-6-12(13(9-10)18-4)14(16-15)11(2)7-8-17-3/h5-6,9,11,14,16H,7-8,15H2,1-4H3. The molecule has 0 aliphatic carbocycles. The van der Waals surface area contributed by atoms with Gasteiger partial charge < -0.3 is 9.47 Å². The fraction of sp³-hybridized carbons (Fsp3) is 0.571. The zero-order valence-electron chi connectivity index (χ0n) is 11.7. The second-order valence-electron chi connectivity index (χ2n) is 4.65. The van der Waals surface area contributed by atoms with Gasteiger partial charge >= 0.3 is 0 Å². The summed E-state index contributed by atoms with van der Waals surface area (Å²) >= 11 is 0. The highest BCUT2D eigenvalue weighted by Gasteiger charge is 2.21. The minimum atomic E-state index is 0.0655. The third-order valence-electron chi connectivity index (χ3n) is 3.25. The van der Waals surface area contributed by atoms with Crippen LogP contribution >= 0.6 is 0 Å². The van der Waals surface area contributed by atoms with Crippen LogP contribution in [0, 0.1) is 12.8 Å². The van der Waals surface area contributed by atoms with E-state index in [1.165, 1.54) is 5.56 Å². The van der Waals surface area contributed by atoms with Gasteiger partial charge in [0, 0.05) is 19.3 Å². The minimum Gasteiger partial charge on any atom is -0.496 e. The monoisotopic (exact) mass is 252 g/mol. The smallest absolute Gasteiger partial charge is 0.123 e. The van der Waals surface area contributed by atoms with Crippen LogP contribution in [0.25, 0.3) is 0 Å². The maximum Gasteiger partial charge on any atom is 0.123 e. The highest BCUT2D eigenvalue weighted by atomic mass is 16.5. The average molecular weight is 252 g/mol. The van der Waals surface area contributed by atoms with Crippen LogP contribution < -0.4 is 16.0 Å². The lowest BCUT2D eigenvalue weighted by Crippen LogP contribution is -2.33. The van der Waals surface area contributed by atoms with Crippen molar-refractivity contribution in [2.45, 2.75) is 26.3 Å². The Bertz CT molecular complexity index is 369. The van der Waals surface area contributed by atoms with E-state index in [9.17, 15) is 0 Å². The Morgan fingerprint density at radius 3 is 2.61 bits per heavy atom. The third-order valence-corrected chi connectivity index (χ3v) is 3.25. The van der Waals surface area contributed by atoms with Crippen molar-refractivity contribution in [2.75, 3.05) is 20.8 Å². The first kappa shape index (κ1) is 15.0. The normalized spacial score (nSPS) is 14.3. The number of benzene rings is 1. The zero-order chi connectivity index (χ0) is 13.5. The van der Waals surface area contributed by atoms with Crippen molar-refractivity contribution in [3.8, 4) is 5.75 Å². The number of ether oxygens (including phenoxy) is 2. The van der Waals surface area contributed by atoms with Crippen molar-refractivity contribution < 1.29 is 9.47 Å². The summed E-state index contributed by atoms with van der Waals surface area (Å²) in [4.78, 5) is 0. The molecule has 1 aromatic carbocycles. The molecular formula is C14H24N2O2. The number of methoxy groups -OCH3 is 2. The molecule has 0 saturated carbocycles. The van der Waals surface area contributed by atoms with Crippen LogP contribution in [-0.4, -0.2) is 20.8 Å². The van der Waals surface area contributed by atoms with Crippen LogP contribution in [0.3, 0.4) is 0 Å². The first-order valence-electron chi connectivity index (χ1n) is 6.23.